The van der Waals surface area contributed by atoms with E-state index < -0.39 is 10.6 Å². The number of halogens is 1. The molecule has 1 aliphatic carbocycles. The smallest absolute Gasteiger partial charge is 0.313 e. The molecule has 1 aromatic heterocycles. The summed E-state index contributed by atoms with van der Waals surface area (Å²) in [5.41, 5.74) is 2.05. The van der Waals surface area contributed by atoms with Gasteiger partial charge in [0.05, 0.1) is 4.92 Å². The summed E-state index contributed by atoms with van der Waals surface area (Å²) in [4.78, 5) is 15.1. The van der Waals surface area contributed by atoms with Gasteiger partial charge in [0.25, 0.3) is 0 Å². The minimum Gasteiger partial charge on any atom is -0.461 e. The van der Waals surface area contributed by atoms with E-state index in [4.69, 9.17) is 16.3 Å². The number of pyridine rings is 1. The van der Waals surface area contributed by atoms with Crippen LogP contribution in [0.25, 0.3) is 6.08 Å². The molecule has 2 aliphatic rings. The van der Waals surface area contributed by atoms with Gasteiger partial charge in [-0.2, -0.15) is 0 Å². The number of nitro groups is 1. The zero-order valence-electron chi connectivity index (χ0n) is 14.1. The van der Waals surface area contributed by atoms with Gasteiger partial charge in [-0.05, 0) is 54.7 Å². The molecule has 0 radical (unpaired) electrons. The van der Waals surface area contributed by atoms with Crippen LogP contribution in [0.4, 0.5) is 5.69 Å². The van der Waals surface area contributed by atoms with Crippen molar-refractivity contribution in [2.45, 2.75) is 38.0 Å². The molecule has 2 aromatic rings. The normalized spacial score (nSPS) is 21.2. The zero-order chi connectivity index (χ0) is 18.1. The first-order valence-electron chi connectivity index (χ1n) is 8.59. The van der Waals surface area contributed by atoms with Gasteiger partial charge in [0.1, 0.15) is 0 Å². The minimum absolute atomic E-state index is 0.0986. The van der Waals surface area contributed by atoms with E-state index in [9.17, 15) is 10.1 Å². The third-order valence-corrected chi connectivity index (χ3v) is 5.15. The Morgan fingerprint density at radius 2 is 2.12 bits per heavy atom. The van der Waals surface area contributed by atoms with Crippen molar-refractivity contribution in [2.24, 2.45) is 0 Å². The van der Waals surface area contributed by atoms with Gasteiger partial charge in [-0.3, -0.25) is 20.4 Å². The van der Waals surface area contributed by atoms with Crippen molar-refractivity contribution in [3.05, 3.63) is 68.5 Å². The first kappa shape index (κ1) is 17.0. The van der Waals surface area contributed by atoms with Gasteiger partial charge in [-0.1, -0.05) is 11.6 Å². The predicted molar refractivity (Wildman–Crippen MR) is 99.0 cm³/mol. The van der Waals surface area contributed by atoms with Crippen LogP contribution in [0.1, 0.15) is 36.8 Å². The summed E-state index contributed by atoms with van der Waals surface area (Å²) in [6.07, 6.45) is 9.22. The van der Waals surface area contributed by atoms with Gasteiger partial charge in [0, 0.05) is 42.0 Å². The molecule has 134 valence electrons. The van der Waals surface area contributed by atoms with Gasteiger partial charge in [-0.25, -0.2) is 0 Å². The van der Waals surface area contributed by atoms with E-state index in [1.54, 1.807) is 18.5 Å². The lowest BCUT2D eigenvalue weighted by Gasteiger charge is -2.43. The topological polar surface area (TPSA) is 77.3 Å². The van der Waals surface area contributed by atoms with Gasteiger partial charge in [0.2, 0.25) is 5.75 Å². The molecule has 0 spiro atoms. The molecule has 1 fully saturated rings. The Morgan fingerprint density at radius 3 is 2.88 bits per heavy atom. The maximum atomic E-state index is 11.5. The van der Waals surface area contributed by atoms with Crippen molar-refractivity contribution in [1.82, 2.24) is 10.3 Å². The van der Waals surface area contributed by atoms with Crippen molar-refractivity contribution < 1.29 is 9.66 Å². The van der Waals surface area contributed by atoms with Crippen molar-refractivity contribution in [3.63, 3.8) is 0 Å². The van der Waals surface area contributed by atoms with Crippen molar-refractivity contribution in [2.75, 3.05) is 0 Å². The Hall–Kier alpha value is -2.44. The van der Waals surface area contributed by atoms with Crippen LogP contribution >= 0.6 is 11.6 Å². The van der Waals surface area contributed by atoms with Crippen LogP contribution in [0, 0.1) is 10.1 Å². The molecule has 1 atom stereocenters. The second-order valence-corrected chi connectivity index (χ2v) is 7.05. The third kappa shape index (κ3) is 3.06. The molecule has 0 saturated heterocycles. The Bertz CT molecular complexity index is 885. The molecule has 1 saturated carbocycles. The number of nitrogens with zero attached hydrogens (tertiary/aromatic N) is 2. The lowest BCUT2D eigenvalue weighted by Crippen LogP contribution is -2.54. The molecular weight excluding hydrogens is 354 g/mol. The molecule has 6 nitrogen and oxygen atoms in total. The average molecular weight is 372 g/mol. The van der Waals surface area contributed by atoms with E-state index in [1.807, 2.05) is 18.2 Å². The summed E-state index contributed by atoms with van der Waals surface area (Å²) in [5, 5.41) is 15.3. The number of rotatable bonds is 4. The SMILES string of the molecule is O=[N+]([O-])c1cc(Cl)cc2c1OC1(NCc3ccncc3)CCCCC1=C2. The quantitative estimate of drug-likeness (QED) is 0.633. The summed E-state index contributed by atoms with van der Waals surface area (Å²) in [6.45, 7) is 0.594. The highest BCUT2D eigenvalue weighted by Crippen LogP contribution is 2.47. The molecule has 7 heteroatoms. The Kier molecular flexibility index (Phi) is 4.38. The van der Waals surface area contributed by atoms with Crippen LogP contribution in [-0.2, 0) is 6.54 Å². The van der Waals surface area contributed by atoms with E-state index in [0.29, 0.717) is 17.1 Å². The van der Waals surface area contributed by atoms with Gasteiger partial charge in [-0.15, -0.1) is 0 Å². The Labute approximate surface area is 156 Å². The maximum absolute atomic E-state index is 11.5. The molecule has 1 unspecified atom stereocenters. The van der Waals surface area contributed by atoms with Crippen LogP contribution in [-0.4, -0.2) is 15.6 Å². The molecule has 1 aromatic carbocycles. The van der Waals surface area contributed by atoms with Crippen molar-refractivity contribution in [3.8, 4) is 5.75 Å². The van der Waals surface area contributed by atoms with E-state index in [2.05, 4.69) is 10.3 Å². The van der Waals surface area contributed by atoms with Crippen LogP contribution in [0.2, 0.25) is 5.02 Å². The number of ether oxygens (including phenoxy) is 1. The van der Waals surface area contributed by atoms with E-state index >= 15 is 0 Å². The fraction of sp³-hybridized carbons (Fsp3) is 0.316. The molecule has 0 bridgehead atoms. The molecule has 4 rings (SSSR count). The van der Waals surface area contributed by atoms with Crippen molar-refractivity contribution in [1.29, 1.82) is 0 Å². The second kappa shape index (κ2) is 6.70. The second-order valence-electron chi connectivity index (χ2n) is 6.62. The highest BCUT2D eigenvalue weighted by atomic mass is 35.5. The average Bonchev–Trinajstić information content (AvgIpc) is 2.65. The van der Waals surface area contributed by atoms with E-state index in [-0.39, 0.29) is 11.4 Å². The third-order valence-electron chi connectivity index (χ3n) is 4.94. The first-order chi connectivity index (χ1) is 12.6. The minimum atomic E-state index is -0.715. The number of nitrogens with one attached hydrogen (secondary N) is 1. The standard InChI is InChI=1S/C19H18ClN3O3/c20-16-10-14-9-15-3-1-2-6-19(15,22-12-13-4-7-21-8-5-13)26-18(14)17(11-16)23(24)25/h4-5,7-11,22H,1-3,6,12H2. The summed E-state index contributed by atoms with van der Waals surface area (Å²) in [6, 6.07) is 6.95. The molecule has 26 heavy (non-hydrogen) atoms. The molecule has 2 heterocycles. The highest BCUT2D eigenvalue weighted by molar-refractivity contribution is 6.31. The Morgan fingerprint density at radius 1 is 1.31 bits per heavy atom. The monoisotopic (exact) mass is 371 g/mol. The van der Waals surface area contributed by atoms with Crippen LogP contribution in [0.5, 0.6) is 5.75 Å². The fourth-order valence-corrected chi connectivity index (χ4v) is 3.88. The number of aromatic nitrogens is 1. The summed E-state index contributed by atoms with van der Waals surface area (Å²) >= 11 is 6.07. The largest absolute Gasteiger partial charge is 0.461 e. The zero-order valence-corrected chi connectivity index (χ0v) is 14.8. The molecular formula is C19H18ClN3O3. The lowest BCUT2D eigenvalue weighted by atomic mass is 9.83. The van der Waals surface area contributed by atoms with E-state index in [0.717, 1.165) is 36.8 Å². The van der Waals surface area contributed by atoms with Crippen LogP contribution < -0.4 is 10.1 Å². The summed E-state index contributed by atoms with van der Waals surface area (Å²) in [7, 11) is 0. The molecule has 1 N–H and O–H groups in total. The van der Waals surface area contributed by atoms with E-state index in [1.165, 1.54) is 6.07 Å². The highest BCUT2D eigenvalue weighted by Gasteiger charge is 2.43. The van der Waals surface area contributed by atoms with Crippen molar-refractivity contribution >= 4 is 23.4 Å². The van der Waals surface area contributed by atoms with Gasteiger partial charge >= 0.3 is 5.69 Å². The van der Waals surface area contributed by atoms with Crippen LogP contribution in [0.15, 0.2) is 42.2 Å². The number of benzene rings is 1. The lowest BCUT2D eigenvalue weighted by molar-refractivity contribution is -0.386. The predicted octanol–water partition coefficient (Wildman–Crippen LogP) is 4.48. The van der Waals surface area contributed by atoms with Crippen LogP contribution in [0.3, 0.4) is 0 Å². The summed E-state index contributed by atoms with van der Waals surface area (Å²) in [5.74, 6) is 0.285. The summed E-state index contributed by atoms with van der Waals surface area (Å²) < 4.78 is 6.30. The maximum Gasteiger partial charge on any atom is 0.313 e. The number of hydrogen-bond acceptors (Lipinski definition) is 5. The molecule has 1 aliphatic heterocycles. The Balaban J connectivity index is 1.72. The first-order valence-corrected chi connectivity index (χ1v) is 8.97. The number of nitro benzene ring substituents is 1. The van der Waals surface area contributed by atoms with Gasteiger partial charge < -0.3 is 4.74 Å². The molecule has 0 amide bonds. The van der Waals surface area contributed by atoms with Gasteiger partial charge in [0.15, 0.2) is 5.72 Å². The fourth-order valence-electron chi connectivity index (χ4n) is 3.66. The number of hydrogen-bond donors (Lipinski definition) is 1. The number of fused-ring (bicyclic) bond motifs is 2.